The Balaban J connectivity index is 1.77. The predicted molar refractivity (Wildman–Crippen MR) is 155 cm³/mol. The van der Waals surface area contributed by atoms with Crippen LogP contribution in [0.4, 0.5) is 0 Å². The Hall–Kier alpha value is -0.223. The average molecular weight is 574 g/mol. The molecule has 0 fully saturated rings. The molecule has 0 nitrogen and oxygen atoms in total. The Bertz CT molecular complexity index is 1280. The summed E-state index contributed by atoms with van der Waals surface area (Å²) in [6.07, 6.45) is 0. The van der Waals surface area contributed by atoms with Gasteiger partial charge in [0.2, 0.25) is 0 Å². The first-order valence-corrected chi connectivity index (χ1v) is 25.4. The zero-order valence-corrected chi connectivity index (χ0v) is 26.8. The normalized spacial score (nSPS) is 16.0. The Kier molecular flexibility index (Phi) is 4.44. The number of aryl methyl sites for hydroxylation is 2. The maximum absolute atomic E-state index is 2.86. The predicted octanol–water partition coefficient (Wildman–Crippen LogP) is 4.98. The van der Waals surface area contributed by atoms with Crippen LogP contribution in [-0.2, 0) is 0 Å². The fourth-order valence-electron chi connectivity index (χ4n) is 5.21. The van der Waals surface area contributed by atoms with Gasteiger partial charge in [-0.2, -0.15) is 0 Å². The van der Waals surface area contributed by atoms with Crippen LogP contribution in [0.3, 0.4) is 0 Å². The third-order valence-electron chi connectivity index (χ3n) is 6.68. The third kappa shape index (κ3) is 2.73. The molecule has 0 aliphatic carbocycles. The Morgan fingerprint density at radius 2 is 0.839 bits per heavy atom. The molecule has 0 N–H and O–H groups in total. The zero-order chi connectivity index (χ0) is 22.1. The van der Waals surface area contributed by atoms with Gasteiger partial charge in [-0.1, -0.05) is 0 Å². The van der Waals surface area contributed by atoms with E-state index in [4.69, 9.17) is 0 Å². The number of thiophene rings is 4. The van der Waals surface area contributed by atoms with Crippen molar-refractivity contribution in [2.45, 2.75) is 53.1 Å². The molecule has 4 aromatic heterocycles. The van der Waals surface area contributed by atoms with Crippen LogP contribution in [0.5, 0.6) is 0 Å². The first-order valence-electron chi connectivity index (χ1n) is 10.9. The molecule has 0 radical (unpaired) electrons. The van der Waals surface area contributed by atoms with Crippen LogP contribution in [0.1, 0.15) is 9.75 Å². The summed E-state index contributed by atoms with van der Waals surface area (Å²) >= 11 is 5.56. The van der Waals surface area contributed by atoms with E-state index in [0.717, 1.165) is 0 Å². The van der Waals surface area contributed by atoms with Crippen LogP contribution < -0.4 is 26.6 Å². The van der Waals surface area contributed by atoms with Crippen LogP contribution in [0.25, 0.3) is 19.5 Å². The Labute approximate surface area is 206 Å². The summed E-state index contributed by atoms with van der Waals surface area (Å²) in [4.78, 5) is 9.54. The van der Waals surface area contributed by atoms with Crippen molar-refractivity contribution in [3.05, 3.63) is 34.0 Å². The summed E-state index contributed by atoms with van der Waals surface area (Å²) in [5.74, 6) is 0. The molecule has 1 spiro atoms. The second kappa shape index (κ2) is 6.46. The summed E-state index contributed by atoms with van der Waals surface area (Å²) in [5.41, 5.74) is 0. The Morgan fingerprint density at radius 3 is 1.19 bits per heavy atom. The molecular formula is C24H28GeS4Si2. The summed E-state index contributed by atoms with van der Waals surface area (Å²) in [5, 5.41) is 0. The molecule has 0 bridgehead atoms. The van der Waals surface area contributed by atoms with Crippen LogP contribution in [-0.4, -0.2) is 29.4 Å². The maximum atomic E-state index is 2.71. The van der Waals surface area contributed by atoms with E-state index in [0.29, 0.717) is 0 Å². The zero-order valence-electron chi connectivity index (χ0n) is 19.4. The van der Waals surface area contributed by atoms with Gasteiger partial charge in [0.1, 0.15) is 0 Å². The molecule has 6 rings (SSSR count). The van der Waals surface area contributed by atoms with E-state index in [9.17, 15) is 0 Å². The molecule has 2 aliphatic rings. The van der Waals surface area contributed by atoms with Crippen molar-refractivity contribution in [1.29, 1.82) is 0 Å². The monoisotopic (exact) mass is 574 g/mol. The van der Waals surface area contributed by atoms with Gasteiger partial charge in [-0.25, -0.2) is 0 Å². The van der Waals surface area contributed by atoms with E-state index in [1.807, 2.05) is 0 Å². The molecular weight excluding hydrogens is 545 g/mol. The van der Waals surface area contributed by atoms with Crippen molar-refractivity contribution < 1.29 is 0 Å². The van der Waals surface area contributed by atoms with Gasteiger partial charge in [0.05, 0.1) is 0 Å². The molecule has 4 aromatic rings. The molecule has 7 heteroatoms. The summed E-state index contributed by atoms with van der Waals surface area (Å²) in [6.45, 7) is 19.7. The molecule has 0 atom stereocenters. The topological polar surface area (TPSA) is 0 Å². The van der Waals surface area contributed by atoms with Crippen LogP contribution in [0, 0.1) is 13.8 Å². The van der Waals surface area contributed by atoms with Crippen molar-refractivity contribution in [1.82, 2.24) is 0 Å². The van der Waals surface area contributed by atoms with Gasteiger partial charge >= 0.3 is 208 Å². The molecule has 0 aromatic carbocycles. The number of rotatable bonds is 2. The third-order valence-corrected chi connectivity index (χ3v) is 30.2. The second-order valence-corrected chi connectivity index (χ2v) is 34.2. The van der Waals surface area contributed by atoms with Gasteiger partial charge in [0, 0.05) is 0 Å². The number of hydrogen-bond acceptors (Lipinski definition) is 4. The molecule has 0 saturated heterocycles. The first kappa shape index (κ1) is 21.3. The van der Waals surface area contributed by atoms with E-state index >= 15 is 0 Å². The number of hydrogen-bond donors (Lipinski definition) is 0. The van der Waals surface area contributed by atoms with Crippen molar-refractivity contribution >= 4 is 101 Å². The van der Waals surface area contributed by atoms with E-state index in [1.54, 1.807) is 46.1 Å². The fraction of sp³-hybridized carbons (Fsp3) is 0.333. The molecule has 0 amide bonds. The van der Waals surface area contributed by atoms with Gasteiger partial charge in [0.25, 0.3) is 0 Å². The van der Waals surface area contributed by atoms with Crippen LogP contribution >= 0.6 is 45.3 Å². The van der Waals surface area contributed by atoms with Crippen LogP contribution in [0.2, 0.25) is 39.3 Å². The van der Waals surface area contributed by atoms with Gasteiger partial charge in [0.15, 0.2) is 0 Å². The molecule has 31 heavy (non-hydrogen) atoms. The second-order valence-electron chi connectivity index (χ2n) is 11.2. The number of fused-ring (bicyclic) bond motifs is 10. The standard InChI is InChI=1S/C24H28GeS4Si2/c1-13-9-15-21(26-13)23-17(11-19(28-23)30(3,4)5)25(15)16-10-14(2)27-22(16)24-18(25)12-20(29-24)31(6,7)8/h9-12H,1-8H3. The van der Waals surface area contributed by atoms with E-state index in [1.165, 1.54) is 9.75 Å². The van der Waals surface area contributed by atoms with Crippen LogP contribution in [0.15, 0.2) is 24.3 Å². The SMILES string of the molecule is Cc1c[c]2c(s1)-c1sc([Si](C)(C)C)c[c]1[Ge]21[c]2cc(C)sc2-c2sc([Si](C)(C)C)c[c]21. The van der Waals surface area contributed by atoms with Gasteiger partial charge in [-0.05, 0) is 0 Å². The molecule has 6 heterocycles. The van der Waals surface area contributed by atoms with Crippen molar-refractivity contribution in [2.75, 3.05) is 0 Å². The summed E-state index contributed by atoms with van der Waals surface area (Å²) < 4.78 is 10.5. The van der Waals surface area contributed by atoms with Gasteiger partial charge in [-0.3, -0.25) is 0 Å². The summed E-state index contributed by atoms with van der Waals surface area (Å²) in [6, 6.07) is 10.6. The quantitative estimate of drug-likeness (QED) is 0.257. The van der Waals surface area contributed by atoms with Crippen molar-refractivity contribution in [2.24, 2.45) is 0 Å². The van der Waals surface area contributed by atoms with Gasteiger partial charge in [-0.15, -0.1) is 0 Å². The van der Waals surface area contributed by atoms with E-state index in [-0.39, 0.29) is 0 Å². The minimum absolute atomic E-state index is 1.35. The van der Waals surface area contributed by atoms with Crippen molar-refractivity contribution in [3.8, 4) is 19.5 Å². The molecule has 160 valence electrons. The minimum atomic E-state index is -2.86. The van der Waals surface area contributed by atoms with Gasteiger partial charge < -0.3 is 0 Å². The molecule has 0 unspecified atom stereocenters. The molecule has 2 aliphatic heterocycles. The van der Waals surface area contributed by atoms with E-state index in [2.05, 4.69) is 123 Å². The fourth-order valence-corrected chi connectivity index (χ4v) is 30.8. The molecule has 0 saturated carbocycles. The van der Waals surface area contributed by atoms with Crippen molar-refractivity contribution in [3.63, 3.8) is 0 Å². The average Bonchev–Trinajstić information content (AvgIpc) is 3.39. The van der Waals surface area contributed by atoms with E-state index < -0.39 is 29.4 Å². The Morgan fingerprint density at radius 1 is 0.516 bits per heavy atom. The first-order chi connectivity index (χ1) is 14.4. The summed E-state index contributed by atoms with van der Waals surface area (Å²) in [7, 11) is -2.69.